The van der Waals surface area contributed by atoms with Crippen molar-refractivity contribution in [1.82, 2.24) is 14.9 Å². The van der Waals surface area contributed by atoms with E-state index >= 15 is 0 Å². The van der Waals surface area contributed by atoms with Gasteiger partial charge >= 0.3 is 0 Å². The van der Waals surface area contributed by atoms with Crippen LogP contribution in [0.1, 0.15) is 36.3 Å². The van der Waals surface area contributed by atoms with E-state index in [9.17, 15) is 4.79 Å². The van der Waals surface area contributed by atoms with E-state index in [0.29, 0.717) is 23.8 Å². The highest BCUT2D eigenvalue weighted by molar-refractivity contribution is 6.02. The molecular weight excluding hydrogens is 266 g/mol. The average Bonchev–Trinajstić information content (AvgIpc) is 2.36. The van der Waals surface area contributed by atoms with Crippen molar-refractivity contribution in [3.63, 3.8) is 0 Å². The Morgan fingerprint density at radius 1 is 1.10 bits per heavy atom. The van der Waals surface area contributed by atoms with Crippen LogP contribution >= 0.6 is 0 Å². The molecule has 1 aromatic rings. The van der Waals surface area contributed by atoms with Crippen molar-refractivity contribution in [2.75, 3.05) is 43.9 Å². The van der Waals surface area contributed by atoms with Crippen molar-refractivity contribution >= 4 is 17.5 Å². The van der Waals surface area contributed by atoms with Gasteiger partial charge in [0.2, 0.25) is 5.95 Å². The third-order valence-corrected chi connectivity index (χ3v) is 4.35. The lowest BCUT2D eigenvalue weighted by Crippen LogP contribution is -2.45. The summed E-state index contributed by atoms with van der Waals surface area (Å²) in [7, 11) is 2.11. The number of fused-ring (bicyclic) bond motifs is 1. The molecule has 1 saturated heterocycles. The summed E-state index contributed by atoms with van der Waals surface area (Å²) in [5, 5.41) is 0. The number of nitrogens with zero attached hydrogens (tertiary/aromatic N) is 4. The van der Waals surface area contributed by atoms with Gasteiger partial charge in [0.05, 0.1) is 11.3 Å². The number of nitrogens with two attached hydrogens (primary N) is 1. The molecule has 1 aliphatic carbocycles. The number of nitrogen functional groups attached to an aromatic ring is 1. The van der Waals surface area contributed by atoms with Gasteiger partial charge < -0.3 is 15.5 Å². The number of rotatable bonds is 1. The van der Waals surface area contributed by atoms with Crippen LogP contribution in [0, 0.1) is 5.41 Å². The van der Waals surface area contributed by atoms with E-state index in [0.717, 1.165) is 38.3 Å². The first-order chi connectivity index (χ1) is 9.85. The van der Waals surface area contributed by atoms with E-state index < -0.39 is 0 Å². The summed E-state index contributed by atoms with van der Waals surface area (Å²) in [5.74, 6) is 1.09. The van der Waals surface area contributed by atoms with E-state index in [1.807, 2.05) is 0 Å². The highest BCUT2D eigenvalue weighted by atomic mass is 16.1. The zero-order valence-corrected chi connectivity index (χ0v) is 13.0. The Kier molecular flexibility index (Phi) is 3.36. The Bertz CT molecular complexity index is 576. The Balaban J connectivity index is 1.95. The normalized spacial score (nSPS) is 22.2. The van der Waals surface area contributed by atoms with Gasteiger partial charge in [-0.2, -0.15) is 4.98 Å². The SMILES string of the molecule is CN1CCN(c2nc(N)c3c(n2)CC(C)(C)CC3=O)CC1. The fourth-order valence-electron chi connectivity index (χ4n) is 3.13. The van der Waals surface area contributed by atoms with Gasteiger partial charge in [0.1, 0.15) is 5.82 Å². The predicted octanol–water partition coefficient (Wildman–Crippen LogP) is 0.966. The second kappa shape index (κ2) is 4.94. The highest BCUT2D eigenvalue weighted by Crippen LogP contribution is 2.36. The molecule has 0 unspecified atom stereocenters. The second-order valence-corrected chi connectivity index (χ2v) is 6.96. The Hall–Kier alpha value is -1.69. The van der Waals surface area contributed by atoms with Crippen molar-refractivity contribution in [2.24, 2.45) is 5.41 Å². The molecule has 6 nitrogen and oxygen atoms in total. The number of piperazine rings is 1. The van der Waals surface area contributed by atoms with Crippen molar-refractivity contribution in [3.8, 4) is 0 Å². The van der Waals surface area contributed by atoms with Crippen LogP contribution in [0.25, 0.3) is 0 Å². The molecule has 21 heavy (non-hydrogen) atoms. The Labute approximate surface area is 125 Å². The zero-order valence-electron chi connectivity index (χ0n) is 13.0. The van der Waals surface area contributed by atoms with E-state index in [-0.39, 0.29) is 11.2 Å². The maximum atomic E-state index is 12.3. The molecule has 0 spiro atoms. The smallest absolute Gasteiger partial charge is 0.227 e. The molecule has 0 radical (unpaired) electrons. The zero-order chi connectivity index (χ0) is 15.2. The van der Waals surface area contributed by atoms with Crippen LogP contribution in [-0.4, -0.2) is 53.9 Å². The van der Waals surface area contributed by atoms with Gasteiger partial charge in [-0.05, 0) is 18.9 Å². The molecular formula is C15H23N5O. The second-order valence-electron chi connectivity index (χ2n) is 6.96. The molecule has 2 N–H and O–H groups in total. The van der Waals surface area contributed by atoms with Crippen molar-refractivity contribution in [3.05, 3.63) is 11.3 Å². The maximum Gasteiger partial charge on any atom is 0.227 e. The number of anilines is 2. The van der Waals surface area contributed by atoms with Gasteiger partial charge in [-0.3, -0.25) is 4.79 Å². The van der Waals surface area contributed by atoms with E-state index in [2.05, 4.69) is 40.7 Å². The van der Waals surface area contributed by atoms with E-state index in [1.165, 1.54) is 0 Å². The molecule has 0 atom stereocenters. The number of likely N-dealkylation sites (N-methyl/N-ethyl adjacent to an activating group) is 1. The number of ketones is 1. The van der Waals surface area contributed by atoms with Gasteiger partial charge in [0, 0.05) is 32.6 Å². The minimum atomic E-state index is -0.0513. The first-order valence-electron chi connectivity index (χ1n) is 7.49. The first kappa shape index (κ1) is 14.3. The minimum absolute atomic E-state index is 0.0513. The van der Waals surface area contributed by atoms with Gasteiger partial charge in [-0.15, -0.1) is 0 Å². The average molecular weight is 289 g/mol. The molecule has 1 fully saturated rings. The standard InChI is InChI=1S/C15H23N5O/c1-15(2)8-10-12(11(21)9-15)13(16)18-14(17-10)20-6-4-19(3)5-7-20/h4-9H2,1-3H3,(H2,16,17,18). The molecule has 0 aromatic carbocycles. The molecule has 0 bridgehead atoms. The fraction of sp³-hybridized carbons (Fsp3) is 0.667. The van der Waals surface area contributed by atoms with Gasteiger partial charge in [0.15, 0.2) is 5.78 Å². The van der Waals surface area contributed by atoms with Crippen LogP contribution in [0.4, 0.5) is 11.8 Å². The monoisotopic (exact) mass is 289 g/mol. The van der Waals surface area contributed by atoms with Crippen LogP contribution in [0.15, 0.2) is 0 Å². The Morgan fingerprint density at radius 3 is 2.43 bits per heavy atom. The number of hydrogen-bond donors (Lipinski definition) is 1. The summed E-state index contributed by atoms with van der Waals surface area (Å²) in [4.78, 5) is 25.8. The molecule has 114 valence electrons. The van der Waals surface area contributed by atoms with Crippen molar-refractivity contribution in [1.29, 1.82) is 0 Å². The summed E-state index contributed by atoms with van der Waals surface area (Å²) < 4.78 is 0. The molecule has 2 heterocycles. The number of Topliss-reactive ketones (excluding diaryl/α,β-unsaturated/α-hetero) is 1. The molecule has 1 aliphatic heterocycles. The molecule has 1 aromatic heterocycles. The summed E-state index contributed by atoms with van der Waals surface area (Å²) in [6.07, 6.45) is 1.29. The van der Waals surface area contributed by atoms with Gasteiger partial charge in [-0.1, -0.05) is 13.8 Å². The number of hydrogen-bond acceptors (Lipinski definition) is 6. The molecule has 0 amide bonds. The lowest BCUT2D eigenvalue weighted by Gasteiger charge is -2.34. The van der Waals surface area contributed by atoms with Crippen LogP contribution in [0.2, 0.25) is 0 Å². The van der Waals surface area contributed by atoms with Gasteiger partial charge in [-0.25, -0.2) is 4.98 Å². The predicted molar refractivity (Wildman–Crippen MR) is 82.6 cm³/mol. The third kappa shape index (κ3) is 2.72. The van der Waals surface area contributed by atoms with E-state index in [4.69, 9.17) is 5.73 Å². The molecule has 2 aliphatic rings. The number of carbonyl (C=O) groups is 1. The van der Waals surface area contributed by atoms with Crippen molar-refractivity contribution in [2.45, 2.75) is 26.7 Å². The summed E-state index contributed by atoms with van der Waals surface area (Å²) >= 11 is 0. The van der Waals surface area contributed by atoms with Crippen molar-refractivity contribution < 1.29 is 4.79 Å². The fourth-order valence-corrected chi connectivity index (χ4v) is 3.13. The molecule has 3 rings (SSSR count). The lowest BCUT2D eigenvalue weighted by molar-refractivity contribution is 0.0911. The summed E-state index contributed by atoms with van der Waals surface area (Å²) in [6, 6.07) is 0. The van der Waals surface area contributed by atoms with Crippen LogP contribution in [0.5, 0.6) is 0 Å². The quantitative estimate of drug-likeness (QED) is 0.830. The Morgan fingerprint density at radius 2 is 1.76 bits per heavy atom. The van der Waals surface area contributed by atoms with E-state index in [1.54, 1.807) is 0 Å². The largest absolute Gasteiger partial charge is 0.383 e. The summed E-state index contributed by atoms with van der Waals surface area (Å²) in [5.41, 5.74) is 7.36. The molecule has 0 saturated carbocycles. The van der Waals surface area contributed by atoms with Gasteiger partial charge in [0.25, 0.3) is 0 Å². The number of carbonyl (C=O) groups excluding carboxylic acids is 1. The highest BCUT2D eigenvalue weighted by Gasteiger charge is 2.34. The summed E-state index contributed by atoms with van der Waals surface area (Å²) in [6.45, 7) is 7.97. The third-order valence-electron chi connectivity index (χ3n) is 4.35. The van der Waals surface area contributed by atoms with Crippen LogP contribution in [-0.2, 0) is 6.42 Å². The van der Waals surface area contributed by atoms with Crippen LogP contribution in [0.3, 0.4) is 0 Å². The lowest BCUT2D eigenvalue weighted by atomic mass is 9.76. The number of aromatic nitrogens is 2. The maximum absolute atomic E-state index is 12.3. The minimum Gasteiger partial charge on any atom is -0.383 e. The first-order valence-corrected chi connectivity index (χ1v) is 7.49. The molecule has 6 heteroatoms. The topological polar surface area (TPSA) is 75.3 Å². The van der Waals surface area contributed by atoms with Crippen LogP contribution < -0.4 is 10.6 Å².